The van der Waals surface area contributed by atoms with Crippen molar-refractivity contribution in [1.82, 2.24) is 5.32 Å². The third-order valence-electron chi connectivity index (χ3n) is 2.75. The van der Waals surface area contributed by atoms with Gasteiger partial charge >= 0.3 is 0 Å². The second-order valence-electron chi connectivity index (χ2n) is 4.31. The number of rotatable bonds is 7. The van der Waals surface area contributed by atoms with Crippen LogP contribution in [0.3, 0.4) is 0 Å². The molecule has 100 valence electrons. The molecule has 0 fully saturated rings. The summed E-state index contributed by atoms with van der Waals surface area (Å²) in [5, 5.41) is 12.6. The van der Waals surface area contributed by atoms with E-state index in [2.05, 4.69) is 5.32 Å². The van der Waals surface area contributed by atoms with Gasteiger partial charge in [-0.3, -0.25) is 4.79 Å². The first-order valence-electron chi connectivity index (χ1n) is 6.33. The van der Waals surface area contributed by atoms with Crippen LogP contribution < -0.4 is 5.32 Å². The fourth-order valence-electron chi connectivity index (χ4n) is 1.63. The Kier molecular flexibility index (Phi) is 6.36. The molecule has 0 saturated heterocycles. The van der Waals surface area contributed by atoms with Crippen LogP contribution in [-0.2, 0) is 4.79 Å². The number of aliphatic hydroxyl groups is 1. The van der Waals surface area contributed by atoms with E-state index in [9.17, 15) is 14.3 Å². The van der Waals surface area contributed by atoms with Crippen molar-refractivity contribution in [3.05, 3.63) is 35.6 Å². The molecule has 4 heteroatoms. The minimum absolute atomic E-state index is 0.0168. The van der Waals surface area contributed by atoms with Gasteiger partial charge in [0, 0.05) is 13.0 Å². The topological polar surface area (TPSA) is 49.3 Å². The number of amides is 1. The van der Waals surface area contributed by atoms with Crippen molar-refractivity contribution in [3.8, 4) is 0 Å². The third-order valence-corrected chi connectivity index (χ3v) is 2.75. The summed E-state index contributed by atoms with van der Waals surface area (Å²) in [6, 6.07) is 5.74. The zero-order valence-electron chi connectivity index (χ0n) is 10.7. The van der Waals surface area contributed by atoms with Gasteiger partial charge in [0.2, 0.25) is 5.91 Å². The first kappa shape index (κ1) is 14.6. The Morgan fingerprint density at radius 2 is 2.06 bits per heavy atom. The largest absolute Gasteiger partial charge is 0.388 e. The molecule has 1 aromatic rings. The lowest BCUT2D eigenvalue weighted by Crippen LogP contribution is -2.25. The van der Waals surface area contributed by atoms with Crippen LogP contribution in [0.15, 0.2) is 24.3 Å². The van der Waals surface area contributed by atoms with Gasteiger partial charge in [-0.05, 0) is 30.5 Å². The van der Waals surface area contributed by atoms with Crippen LogP contribution in [0.5, 0.6) is 0 Å². The van der Waals surface area contributed by atoms with Crippen molar-refractivity contribution in [2.45, 2.75) is 38.7 Å². The maximum absolute atomic E-state index is 12.7. The first-order valence-corrected chi connectivity index (χ1v) is 6.33. The second-order valence-corrected chi connectivity index (χ2v) is 4.31. The van der Waals surface area contributed by atoms with E-state index in [0.717, 1.165) is 12.8 Å². The molecular formula is C14H20FNO2. The average molecular weight is 253 g/mol. The summed E-state index contributed by atoms with van der Waals surface area (Å²) in [4.78, 5) is 11.3. The monoisotopic (exact) mass is 253 g/mol. The standard InChI is InChI=1S/C14H20FNO2/c1-2-3-4-14(18)16-10-9-13(17)11-5-7-12(15)8-6-11/h5-8,13,17H,2-4,9-10H2,1H3,(H,16,18). The Morgan fingerprint density at radius 1 is 1.39 bits per heavy atom. The molecule has 0 aliphatic carbocycles. The van der Waals surface area contributed by atoms with E-state index >= 15 is 0 Å². The predicted octanol–water partition coefficient (Wildman–Crippen LogP) is 2.56. The van der Waals surface area contributed by atoms with E-state index in [-0.39, 0.29) is 11.7 Å². The number of carbonyl (C=O) groups excluding carboxylic acids is 1. The summed E-state index contributed by atoms with van der Waals surface area (Å²) in [6.45, 7) is 2.46. The molecule has 0 spiro atoms. The van der Waals surface area contributed by atoms with E-state index < -0.39 is 6.10 Å². The van der Waals surface area contributed by atoms with Crippen molar-refractivity contribution < 1.29 is 14.3 Å². The third kappa shape index (κ3) is 5.27. The van der Waals surface area contributed by atoms with Crippen LogP contribution in [0.2, 0.25) is 0 Å². The van der Waals surface area contributed by atoms with Crippen molar-refractivity contribution in [2.75, 3.05) is 6.54 Å². The Morgan fingerprint density at radius 3 is 2.67 bits per heavy atom. The number of benzene rings is 1. The lowest BCUT2D eigenvalue weighted by molar-refractivity contribution is -0.121. The van der Waals surface area contributed by atoms with Crippen molar-refractivity contribution in [3.63, 3.8) is 0 Å². The summed E-state index contributed by atoms with van der Waals surface area (Å²) in [5.41, 5.74) is 0.666. The van der Waals surface area contributed by atoms with E-state index in [1.54, 1.807) is 12.1 Å². The number of nitrogens with one attached hydrogen (secondary N) is 1. The van der Waals surface area contributed by atoms with Crippen LogP contribution in [0.25, 0.3) is 0 Å². The van der Waals surface area contributed by atoms with Gasteiger partial charge in [-0.25, -0.2) is 4.39 Å². The lowest BCUT2D eigenvalue weighted by atomic mass is 10.1. The number of unbranched alkanes of at least 4 members (excludes halogenated alkanes) is 1. The highest BCUT2D eigenvalue weighted by Crippen LogP contribution is 2.16. The summed E-state index contributed by atoms with van der Waals surface area (Å²) < 4.78 is 12.7. The predicted molar refractivity (Wildman–Crippen MR) is 68.5 cm³/mol. The van der Waals surface area contributed by atoms with Gasteiger partial charge in [-0.15, -0.1) is 0 Å². The number of carbonyl (C=O) groups is 1. The molecule has 2 N–H and O–H groups in total. The fraction of sp³-hybridized carbons (Fsp3) is 0.500. The molecule has 0 aliphatic heterocycles. The van der Waals surface area contributed by atoms with Crippen LogP contribution in [-0.4, -0.2) is 17.6 Å². The Hall–Kier alpha value is -1.42. The number of hydrogen-bond acceptors (Lipinski definition) is 2. The normalized spacial score (nSPS) is 12.2. The van der Waals surface area contributed by atoms with E-state index in [1.165, 1.54) is 12.1 Å². The van der Waals surface area contributed by atoms with Crippen LogP contribution in [0.1, 0.15) is 44.3 Å². The number of hydrogen-bond donors (Lipinski definition) is 2. The van der Waals surface area contributed by atoms with Crippen molar-refractivity contribution in [1.29, 1.82) is 0 Å². The van der Waals surface area contributed by atoms with Gasteiger partial charge in [0.1, 0.15) is 5.82 Å². The summed E-state index contributed by atoms with van der Waals surface area (Å²) in [6.07, 6.45) is 2.17. The van der Waals surface area contributed by atoms with Crippen molar-refractivity contribution in [2.24, 2.45) is 0 Å². The van der Waals surface area contributed by atoms with Gasteiger partial charge in [0.25, 0.3) is 0 Å². The SMILES string of the molecule is CCCCC(=O)NCCC(O)c1ccc(F)cc1. The fourth-order valence-corrected chi connectivity index (χ4v) is 1.63. The molecule has 1 aromatic carbocycles. The molecule has 1 atom stereocenters. The highest BCUT2D eigenvalue weighted by atomic mass is 19.1. The minimum atomic E-state index is -0.669. The van der Waals surface area contributed by atoms with Crippen LogP contribution in [0.4, 0.5) is 4.39 Å². The minimum Gasteiger partial charge on any atom is -0.388 e. The first-order chi connectivity index (χ1) is 8.63. The molecule has 0 saturated carbocycles. The maximum Gasteiger partial charge on any atom is 0.219 e. The van der Waals surface area contributed by atoms with Gasteiger partial charge in [0.15, 0.2) is 0 Å². The molecular weight excluding hydrogens is 233 g/mol. The number of halogens is 1. The van der Waals surface area contributed by atoms with E-state index in [0.29, 0.717) is 24.9 Å². The highest BCUT2D eigenvalue weighted by molar-refractivity contribution is 5.75. The molecule has 0 aromatic heterocycles. The quantitative estimate of drug-likeness (QED) is 0.784. The molecule has 1 unspecified atom stereocenters. The molecule has 1 amide bonds. The summed E-state index contributed by atoms with van der Waals surface area (Å²) in [7, 11) is 0. The van der Waals surface area contributed by atoms with Crippen LogP contribution >= 0.6 is 0 Å². The molecule has 18 heavy (non-hydrogen) atoms. The highest BCUT2D eigenvalue weighted by Gasteiger charge is 2.08. The molecule has 0 heterocycles. The second kappa shape index (κ2) is 7.82. The maximum atomic E-state index is 12.7. The average Bonchev–Trinajstić information content (AvgIpc) is 2.37. The van der Waals surface area contributed by atoms with Gasteiger partial charge < -0.3 is 10.4 Å². The van der Waals surface area contributed by atoms with Crippen LogP contribution in [0, 0.1) is 5.82 Å². The Labute approximate surface area is 107 Å². The zero-order chi connectivity index (χ0) is 13.4. The molecule has 1 rings (SSSR count). The summed E-state index contributed by atoms with van der Waals surface area (Å²) >= 11 is 0. The smallest absolute Gasteiger partial charge is 0.219 e. The van der Waals surface area contributed by atoms with Gasteiger partial charge in [-0.2, -0.15) is 0 Å². The van der Waals surface area contributed by atoms with E-state index in [4.69, 9.17) is 0 Å². The molecule has 0 bridgehead atoms. The number of aliphatic hydroxyl groups excluding tert-OH is 1. The lowest BCUT2D eigenvalue weighted by Gasteiger charge is -2.11. The molecule has 0 radical (unpaired) electrons. The molecule has 3 nitrogen and oxygen atoms in total. The summed E-state index contributed by atoms with van der Waals surface area (Å²) in [5.74, 6) is -0.304. The van der Waals surface area contributed by atoms with E-state index in [1.807, 2.05) is 6.92 Å². The zero-order valence-corrected chi connectivity index (χ0v) is 10.7. The molecule has 0 aliphatic rings. The Balaban J connectivity index is 2.26. The van der Waals surface area contributed by atoms with Crippen molar-refractivity contribution >= 4 is 5.91 Å². The van der Waals surface area contributed by atoms with Gasteiger partial charge in [0.05, 0.1) is 6.10 Å². The van der Waals surface area contributed by atoms with Gasteiger partial charge in [-0.1, -0.05) is 25.5 Å². The Bertz CT molecular complexity index is 365.